The molecule has 4 heteroatoms. The van der Waals surface area contributed by atoms with Gasteiger partial charge >= 0.3 is 5.97 Å². The van der Waals surface area contributed by atoms with Crippen molar-refractivity contribution in [3.05, 3.63) is 29.8 Å². The van der Waals surface area contributed by atoms with Crippen LogP contribution >= 0.6 is 0 Å². The van der Waals surface area contributed by atoms with Gasteiger partial charge in [0.05, 0.1) is 0 Å². The van der Waals surface area contributed by atoms with E-state index in [-0.39, 0.29) is 12.4 Å². The number of carboxylic acid groups (broad SMARTS) is 1. The minimum atomic E-state index is -1.01. The van der Waals surface area contributed by atoms with Crippen molar-refractivity contribution >= 4 is 11.8 Å². The molecule has 4 nitrogen and oxygen atoms in total. The SMILES string of the molecule is CCCCCCCCCC(=O)c1ccc(OCC(=O)O)cc1. The molecule has 0 aliphatic carbocycles. The average molecular weight is 306 g/mol. The van der Waals surface area contributed by atoms with E-state index < -0.39 is 5.97 Å². The second kappa shape index (κ2) is 10.8. The van der Waals surface area contributed by atoms with Crippen LogP contribution in [0.4, 0.5) is 0 Å². The summed E-state index contributed by atoms with van der Waals surface area (Å²) in [7, 11) is 0. The normalized spacial score (nSPS) is 10.4. The number of Topliss-reactive ketones (excluding diaryl/α,β-unsaturated/α-hetero) is 1. The standard InChI is InChI=1S/C18H26O4/c1-2-3-4-5-6-7-8-9-17(19)15-10-12-16(13-11-15)22-14-18(20)21/h10-13H,2-9,14H2,1H3,(H,20,21). The van der Waals surface area contributed by atoms with Gasteiger partial charge in [-0.3, -0.25) is 4.79 Å². The van der Waals surface area contributed by atoms with Crippen molar-refractivity contribution in [2.45, 2.75) is 58.3 Å². The summed E-state index contributed by atoms with van der Waals surface area (Å²) in [5, 5.41) is 8.53. The van der Waals surface area contributed by atoms with Crippen LogP contribution in [-0.4, -0.2) is 23.5 Å². The van der Waals surface area contributed by atoms with Crippen molar-refractivity contribution in [1.29, 1.82) is 0 Å². The van der Waals surface area contributed by atoms with E-state index in [9.17, 15) is 9.59 Å². The first-order valence-electron chi connectivity index (χ1n) is 8.11. The number of hydrogen-bond donors (Lipinski definition) is 1. The smallest absolute Gasteiger partial charge is 0.341 e. The van der Waals surface area contributed by atoms with Gasteiger partial charge in [0.1, 0.15) is 5.75 Å². The zero-order valence-electron chi connectivity index (χ0n) is 13.3. The number of rotatable bonds is 12. The Labute approximate surface area is 132 Å². The monoisotopic (exact) mass is 306 g/mol. The first-order chi connectivity index (χ1) is 10.6. The third kappa shape index (κ3) is 7.81. The van der Waals surface area contributed by atoms with Crippen LogP contribution in [0.1, 0.15) is 68.6 Å². The Kier molecular flexibility index (Phi) is 8.96. The molecule has 1 aromatic rings. The molecule has 0 fully saturated rings. The summed E-state index contributed by atoms with van der Waals surface area (Å²) in [4.78, 5) is 22.4. The van der Waals surface area contributed by atoms with E-state index in [2.05, 4.69) is 6.92 Å². The first-order valence-corrected chi connectivity index (χ1v) is 8.11. The summed E-state index contributed by atoms with van der Waals surface area (Å²) in [5.74, 6) is -0.410. The molecule has 0 aliphatic heterocycles. The average Bonchev–Trinajstić information content (AvgIpc) is 2.52. The van der Waals surface area contributed by atoms with Crippen LogP contribution in [0.15, 0.2) is 24.3 Å². The fourth-order valence-corrected chi connectivity index (χ4v) is 2.27. The van der Waals surface area contributed by atoms with Crippen molar-refractivity contribution in [3.63, 3.8) is 0 Å². The molecule has 1 rings (SSSR count). The molecular weight excluding hydrogens is 280 g/mol. The van der Waals surface area contributed by atoms with E-state index in [0.717, 1.165) is 12.8 Å². The van der Waals surface area contributed by atoms with Crippen molar-refractivity contribution in [2.75, 3.05) is 6.61 Å². The van der Waals surface area contributed by atoms with Crippen molar-refractivity contribution in [3.8, 4) is 5.75 Å². The highest BCUT2D eigenvalue weighted by molar-refractivity contribution is 5.96. The van der Waals surface area contributed by atoms with Gasteiger partial charge in [0.25, 0.3) is 0 Å². The van der Waals surface area contributed by atoms with Crippen LogP contribution in [0.25, 0.3) is 0 Å². The highest BCUT2D eigenvalue weighted by atomic mass is 16.5. The lowest BCUT2D eigenvalue weighted by Crippen LogP contribution is -2.09. The molecule has 0 amide bonds. The molecule has 1 N–H and O–H groups in total. The van der Waals surface area contributed by atoms with Gasteiger partial charge < -0.3 is 9.84 Å². The van der Waals surface area contributed by atoms with E-state index in [0.29, 0.717) is 17.7 Å². The highest BCUT2D eigenvalue weighted by Crippen LogP contribution is 2.15. The third-order valence-corrected chi connectivity index (χ3v) is 3.55. The van der Waals surface area contributed by atoms with Gasteiger partial charge in [0.15, 0.2) is 12.4 Å². The Hall–Kier alpha value is -1.84. The molecule has 0 unspecified atom stereocenters. The van der Waals surface area contributed by atoms with Crippen LogP contribution in [0.3, 0.4) is 0 Å². The number of unbranched alkanes of at least 4 members (excludes halogenated alkanes) is 6. The molecule has 1 aromatic carbocycles. The summed E-state index contributed by atoms with van der Waals surface area (Å²) in [5.41, 5.74) is 0.661. The minimum absolute atomic E-state index is 0.137. The van der Waals surface area contributed by atoms with Gasteiger partial charge in [-0.25, -0.2) is 4.79 Å². The van der Waals surface area contributed by atoms with Crippen LogP contribution < -0.4 is 4.74 Å². The number of benzene rings is 1. The highest BCUT2D eigenvalue weighted by Gasteiger charge is 2.06. The van der Waals surface area contributed by atoms with E-state index in [4.69, 9.17) is 9.84 Å². The fourth-order valence-electron chi connectivity index (χ4n) is 2.27. The molecule has 0 spiro atoms. The molecule has 0 radical (unpaired) electrons. The number of aliphatic carboxylic acids is 1. The zero-order chi connectivity index (χ0) is 16.2. The van der Waals surface area contributed by atoms with Crippen LogP contribution in [0.5, 0.6) is 5.75 Å². The summed E-state index contributed by atoms with van der Waals surface area (Å²) in [6, 6.07) is 6.67. The first kappa shape index (κ1) is 18.2. The second-order valence-corrected chi connectivity index (χ2v) is 5.50. The summed E-state index contributed by atoms with van der Waals surface area (Å²) >= 11 is 0. The number of carbonyl (C=O) groups excluding carboxylic acids is 1. The molecule has 0 aromatic heterocycles. The molecule has 0 heterocycles. The number of carbonyl (C=O) groups is 2. The summed E-state index contributed by atoms with van der Waals surface area (Å²) in [6.45, 7) is 1.84. The Morgan fingerprint density at radius 2 is 1.55 bits per heavy atom. The maximum Gasteiger partial charge on any atom is 0.341 e. The summed E-state index contributed by atoms with van der Waals surface area (Å²) < 4.78 is 5.04. The lowest BCUT2D eigenvalue weighted by Gasteiger charge is -2.05. The molecule has 22 heavy (non-hydrogen) atoms. The zero-order valence-corrected chi connectivity index (χ0v) is 13.3. The van der Waals surface area contributed by atoms with Gasteiger partial charge in [-0.1, -0.05) is 45.4 Å². The van der Waals surface area contributed by atoms with Crippen molar-refractivity contribution in [2.24, 2.45) is 0 Å². The van der Waals surface area contributed by atoms with Crippen LogP contribution in [0, 0.1) is 0 Å². The van der Waals surface area contributed by atoms with Crippen LogP contribution in [0.2, 0.25) is 0 Å². The third-order valence-electron chi connectivity index (χ3n) is 3.55. The predicted octanol–water partition coefficient (Wildman–Crippen LogP) is 4.47. The lowest BCUT2D eigenvalue weighted by atomic mass is 10.0. The second-order valence-electron chi connectivity index (χ2n) is 5.50. The topological polar surface area (TPSA) is 63.6 Å². The molecule has 122 valence electrons. The number of ketones is 1. The van der Waals surface area contributed by atoms with Gasteiger partial charge in [0.2, 0.25) is 0 Å². The Bertz CT molecular complexity index is 451. The van der Waals surface area contributed by atoms with Crippen molar-refractivity contribution in [1.82, 2.24) is 0 Å². The number of carboxylic acids is 1. The van der Waals surface area contributed by atoms with Gasteiger partial charge in [-0.15, -0.1) is 0 Å². The van der Waals surface area contributed by atoms with Crippen molar-refractivity contribution < 1.29 is 19.4 Å². The molecule has 0 atom stereocenters. The lowest BCUT2D eigenvalue weighted by molar-refractivity contribution is -0.139. The maximum atomic E-state index is 12.0. The predicted molar refractivity (Wildman–Crippen MR) is 86.5 cm³/mol. The van der Waals surface area contributed by atoms with E-state index >= 15 is 0 Å². The van der Waals surface area contributed by atoms with E-state index in [1.165, 1.54) is 32.1 Å². The van der Waals surface area contributed by atoms with E-state index in [1.54, 1.807) is 24.3 Å². The Morgan fingerprint density at radius 1 is 0.955 bits per heavy atom. The molecular formula is C18H26O4. The van der Waals surface area contributed by atoms with Crippen LogP contribution in [-0.2, 0) is 4.79 Å². The molecule has 0 saturated heterocycles. The number of ether oxygens (including phenoxy) is 1. The Balaban J connectivity index is 2.23. The quantitative estimate of drug-likeness (QED) is 0.457. The largest absolute Gasteiger partial charge is 0.482 e. The van der Waals surface area contributed by atoms with Gasteiger partial charge in [-0.2, -0.15) is 0 Å². The number of hydrogen-bond acceptors (Lipinski definition) is 3. The van der Waals surface area contributed by atoms with E-state index in [1.807, 2.05) is 0 Å². The fraction of sp³-hybridized carbons (Fsp3) is 0.556. The molecule has 0 saturated carbocycles. The Morgan fingerprint density at radius 3 is 2.14 bits per heavy atom. The van der Waals surface area contributed by atoms with Gasteiger partial charge in [-0.05, 0) is 30.7 Å². The molecule has 0 aliphatic rings. The van der Waals surface area contributed by atoms with Gasteiger partial charge in [0, 0.05) is 12.0 Å². The molecule has 0 bridgehead atoms. The summed E-state index contributed by atoms with van der Waals surface area (Å²) in [6.07, 6.45) is 8.93. The maximum absolute atomic E-state index is 12.0. The minimum Gasteiger partial charge on any atom is -0.482 e.